The first-order valence-corrected chi connectivity index (χ1v) is 12.6. The van der Waals surface area contributed by atoms with Crippen LogP contribution >= 0.6 is 11.8 Å². The summed E-state index contributed by atoms with van der Waals surface area (Å²) >= 11 is 1.40. The minimum Gasteiger partial charge on any atom is -0.493 e. The highest BCUT2D eigenvalue weighted by Gasteiger charge is 2.30. The fraction of sp³-hybridized carbons (Fsp3) is 0.286. The van der Waals surface area contributed by atoms with Gasteiger partial charge >= 0.3 is 0 Å². The highest BCUT2D eigenvalue weighted by Crippen LogP contribution is 2.50. The number of nitrogens with one attached hydrogen (secondary N) is 1. The number of benzene rings is 2. The number of hydrogen-bond donors (Lipinski definition) is 1. The quantitative estimate of drug-likeness (QED) is 0.479. The zero-order chi connectivity index (χ0) is 25.1. The molecule has 4 rings (SSSR count). The van der Waals surface area contributed by atoms with Crippen LogP contribution < -0.4 is 25.0 Å². The highest BCUT2D eigenvalue weighted by molar-refractivity contribution is 7.98. The van der Waals surface area contributed by atoms with Gasteiger partial charge in [-0.15, -0.1) is 11.8 Å². The number of methoxy groups -OCH3 is 3. The number of aryl methyl sites for hydroxylation is 2. The Hall–Kier alpha value is -3.45. The SMILES string of the molecule is COc1cc2c(c(OC)c1OC)-c1ccc(SC)c(=O)cc1[C@@H](NC(=O)c1cccc(C)c1)CC2. The van der Waals surface area contributed by atoms with Crippen molar-refractivity contribution in [2.75, 3.05) is 27.6 Å². The van der Waals surface area contributed by atoms with Crippen molar-refractivity contribution in [1.29, 1.82) is 0 Å². The summed E-state index contributed by atoms with van der Waals surface area (Å²) in [7, 11) is 4.75. The Morgan fingerprint density at radius 2 is 1.77 bits per heavy atom. The predicted octanol–water partition coefficient (Wildman–Crippen LogP) is 5.19. The number of hydrogen-bond acceptors (Lipinski definition) is 6. The van der Waals surface area contributed by atoms with Gasteiger partial charge in [0.05, 0.1) is 32.3 Å². The molecule has 0 saturated carbocycles. The van der Waals surface area contributed by atoms with Crippen molar-refractivity contribution in [3.63, 3.8) is 0 Å². The molecule has 1 N–H and O–H groups in total. The summed E-state index contributed by atoms with van der Waals surface area (Å²) in [5.41, 5.74) is 4.92. The van der Waals surface area contributed by atoms with Gasteiger partial charge in [-0.1, -0.05) is 23.8 Å². The van der Waals surface area contributed by atoms with Crippen LogP contribution in [0.4, 0.5) is 0 Å². The van der Waals surface area contributed by atoms with Crippen molar-refractivity contribution in [2.45, 2.75) is 30.7 Å². The lowest BCUT2D eigenvalue weighted by atomic mass is 9.95. The summed E-state index contributed by atoms with van der Waals surface area (Å²) in [6, 6.07) is 14.5. The monoisotopic (exact) mass is 491 g/mol. The van der Waals surface area contributed by atoms with Gasteiger partial charge in [-0.2, -0.15) is 0 Å². The van der Waals surface area contributed by atoms with E-state index in [0.717, 1.165) is 27.8 Å². The maximum Gasteiger partial charge on any atom is 0.251 e. The zero-order valence-corrected chi connectivity index (χ0v) is 21.4. The van der Waals surface area contributed by atoms with E-state index in [1.807, 2.05) is 49.6 Å². The second-order valence-corrected chi connectivity index (χ2v) is 9.24. The summed E-state index contributed by atoms with van der Waals surface area (Å²) in [5.74, 6) is 1.42. The molecule has 0 spiro atoms. The van der Waals surface area contributed by atoms with Crippen molar-refractivity contribution in [3.05, 3.63) is 81.0 Å². The Balaban J connectivity index is 1.94. The van der Waals surface area contributed by atoms with E-state index in [1.54, 1.807) is 33.5 Å². The Bertz CT molecular complexity index is 1340. The molecular formula is C28H29NO5S. The van der Waals surface area contributed by atoms with E-state index >= 15 is 0 Å². The van der Waals surface area contributed by atoms with E-state index in [0.29, 0.717) is 40.5 Å². The van der Waals surface area contributed by atoms with Gasteiger partial charge in [0.15, 0.2) is 16.9 Å². The standard InChI is InChI=1S/C28H29NO5S/c1-16-7-6-8-18(13-16)28(31)29-21-11-9-17-14-23(32-2)26(33-3)27(34-4)25(17)19-10-12-24(35-5)22(30)15-20(19)21/h6-8,10,12-15,21H,9,11H2,1-5H3,(H,29,31)/t21-/m0/s1. The molecule has 1 aliphatic rings. The Kier molecular flexibility index (Phi) is 7.36. The maximum absolute atomic E-state index is 13.2. The van der Waals surface area contributed by atoms with Gasteiger partial charge in [0.25, 0.3) is 5.91 Å². The van der Waals surface area contributed by atoms with Crippen molar-refractivity contribution in [3.8, 4) is 28.4 Å². The van der Waals surface area contributed by atoms with Crippen LogP contribution in [0.3, 0.4) is 0 Å². The Morgan fingerprint density at radius 3 is 2.43 bits per heavy atom. The molecule has 7 heteroatoms. The van der Waals surface area contributed by atoms with Gasteiger partial charge in [0.2, 0.25) is 5.75 Å². The molecule has 0 radical (unpaired) electrons. The van der Waals surface area contributed by atoms with Gasteiger partial charge < -0.3 is 19.5 Å². The molecule has 0 aromatic heterocycles. The smallest absolute Gasteiger partial charge is 0.251 e. The molecule has 0 aliphatic heterocycles. The lowest BCUT2D eigenvalue weighted by Crippen LogP contribution is -2.29. The lowest BCUT2D eigenvalue weighted by Gasteiger charge is -2.20. The number of amides is 1. The molecule has 1 aliphatic carbocycles. The average molecular weight is 492 g/mol. The second-order valence-electron chi connectivity index (χ2n) is 8.39. The summed E-state index contributed by atoms with van der Waals surface area (Å²) < 4.78 is 17.1. The summed E-state index contributed by atoms with van der Waals surface area (Å²) in [6.07, 6.45) is 3.13. The van der Waals surface area contributed by atoms with E-state index < -0.39 is 0 Å². The third-order valence-electron chi connectivity index (χ3n) is 6.31. The highest BCUT2D eigenvalue weighted by atomic mass is 32.2. The third-order valence-corrected chi connectivity index (χ3v) is 7.08. The van der Waals surface area contributed by atoms with E-state index in [-0.39, 0.29) is 17.4 Å². The van der Waals surface area contributed by atoms with Crippen LogP contribution in [0.5, 0.6) is 17.2 Å². The Morgan fingerprint density at radius 1 is 1.00 bits per heavy atom. The summed E-state index contributed by atoms with van der Waals surface area (Å²) in [4.78, 5) is 26.9. The van der Waals surface area contributed by atoms with Gasteiger partial charge in [-0.05, 0) is 73.0 Å². The van der Waals surface area contributed by atoms with Crippen LogP contribution in [-0.2, 0) is 6.42 Å². The normalized spacial score (nSPS) is 14.3. The van der Waals surface area contributed by atoms with Crippen molar-refractivity contribution in [1.82, 2.24) is 5.32 Å². The van der Waals surface area contributed by atoms with Crippen LogP contribution in [0.25, 0.3) is 11.1 Å². The van der Waals surface area contributed by atoms with Crippen LogP contribution in [0.1, 0.15) is 39.5 Å². The molecule has 0 saturated heterocycles. The molecule has 0 unspecified atom stereocenters. The molecule has 3 aromatic carbocycles. The first-order chi connectivity index (χ1) is 16.9. The van der Waals surface area contributed by atoms with Crippen molar-refractivity contribution < 1.29 is 19.0 Å². The molecule has 0 heterocycles. The van der Waals surface area contributed by atoms with Crippen molar-refractivity contribution in [2.24, 2.45) is 0 Å². The minimum atomic E-state index is -0.373. The number of ether oxygens (including phenoxy) is 3. The van der Waals surface area contributed by atoms with Crippen LogP contribution in [0.15, 0.2) is 58.2 Å². The number of fused-ring (bicyclic) bond motifs is 3. The maximum atomic E-state index is 13.2. The topological polar surface area (TPSA) is 73.9 Å². The van der Waals surface area contributed by atoms with Gasteiger partial charge in [0.1, 0.15) is 0 Å². The molecule has 3 aromatic rings. The van der Waals surface area contributed by atoms with Crippen LogP contribution in [0, 0.1) is 6.92 Å². The van der Waals surface area contributed by atoms with E-state index in [9.17, 15) is 9.59 Å². The molecule has 1 amide bonds. The van der Waals surface area contributed by atoms with Gasteiger partial charge in [-0.25, -0.2) is 0 Å². The average Bonchev–Trinajstić information content (AvgIpc) is 3.11. The molecule has 182 valence electrons. The molecule has 0 fully saturated rings. The van der Waals surface area contributed by atoms with E-state index in [4.69, 9.17) is 14.2 Å². The lowest BCUT2D eigenvalue weighted by molar-refractivity contribution is 0.0935. The first kappa shape index (κ1) is 24.7. The van der Waals surface area contributed by atoms with Crippen LogP contribution in [-0.4, -0.2) is 33.5 Å². The second kappa shape index (κ2) is 10.4. The number of thioether (sulfide) groups is 1. The van der Waals surface area contributed by atoms with E-state index in [1.165, 1.54) is 11.8 Å². The number of rotatable bonds is 6. The number of carbonyl (C=O) groups excluding carboxylic acids is 1. The minimum absolute atomic E-state index is 0.0866. The molecule has 0 bridgehead atoms. The van der Waals surface area contributed by atoms with E-state index in [2.05, 4.69) is 5.32 Å². The van der Waals surface area contributed by atoms with Crippen molar-refractivity contribution >= 4 is 17.7 Å². The largest absolute Gasteiger partial charge is 0.493 e. The van der Waals surface area contributed by atoms with Crippen LogP contribution in [0.2, 0.25) is 0 Å². The summed E-state index contributed by atoms with van der Waals surface area (Å²) in [5, 5.41) is 3.18. The Labute approximate surface area is 209 Å². The number of carbonyl (C=O) groups is 1. The fourth-order valence-corrected chi connectivity index (χ4v) is 5.11. The molecule has 6 nitrogen and oxygen atoms in total. The van der Waals surface area contributed by atoms with Gasteiger partial charge in [0, 0.05) is 11.1 Å². The molecular weight excluding hydrogens is 462 g/mol. The fourth-order valence-electron chi connectivity index (χ4n) is 4.64. The van der Waals surface area contributed by atoms with Gasteiger partial charge in [-0.3, -0.25) is 9.59 Å². The zero-order valence-electron chi connectivity index (χ0n) is 20.6. The first-order valence-electron chi connectivity index (χ1n) is 11.3. The third kappa shape index (κ3) is 4.73. The molecule has 35 heavy (non-hydrogen) atoms. The predicted molar refractivity (Wildman–Crippen MR) is 139 cm³/mol. The summed E-state index contributed by atoms with van der Waals surface area (Å²) in [6.45, 7) is 1.95. The molecule has 1 atom stereocenters.